The van der Waals surface area contributed by atoms with E-state index in [-0.39, 0.29) is 11.6 Å². The summed E-state index contributed by atoms with van der Waals surface area (Å²) in [6, 6.07) is 0. The Morgan fingerprint density at radius 2 is 1.87 bits per heavy atom. The minimum absolute atomic E-state index is 0.00335. The highest BCUT2D eigenvalue weighted by molar-refractivity contribution is 5.83. The zero-order valence-electron chi connectivity index (χ0n) is 16.0. The van der Waals surface area contributed by atoms with E-state index in [9.17, 15) is 4.79 Å². The van der Waals surface area contributed by atoms with Crippen molar-refractivity contribution in [3.8, 4) is 0 Å². The second kappa shape index (κ2) is 12.3. The molecular weight excluding hydrogens is 288 g/mol. The largest absolute Gasteiger partial charge is 0.463 e. The van der Waals surface area contributed by atoms with Crippen LogP contribution in [-0.2, 0) is 14.3 Å². The molecule has 0 bridgehead atoms. The van der Waals surface area contributed by atoms with Gasteiger partial charge in [-0.15, -0.1) is 0 Å². The van der Waals surface area contributed by atoms with Gasteiger partial charge in [0.1, 0.15) is 0 Å². The second-order valence-electron chi connectivity index (χ2n) is 6.81. The van der Waals surface area contributed by atoms with Crippen molar-refractivity contribution in [3.63, 3.8) is 0 Å². The van der Waals surface area contributed by atoms with Crippen molar-refractivity contribution in [2.24, 2.45) is 5.92 Å². The molecule has 0 saturated heterocycles. The highest BCUT2D eigenvalue weighted by Crippen LogP contribution is 2.21. The van der Waals surface area contributed by atoms with E-state index < -0.39 is 0 Å². The number of esters is 1. The van der Waals surface area contributed by atoms with E-state index >= 15 is 0 Å². The molecule has 0 aromatic rings. The van der Waals surface area contributed by atoms with E-state index in [1.165, 1.54) is 19.3 Å². The van der Waals surface area contributed by atoms with Crippen molar-refractivity contribution in [1.82, 2.24) is 0 Å². The Morgan fingerprint density at radius 1 is 1.17 bits per heavy atom. The first-order valence-electron chi connectivity index (χ1n) is 8.96. The van der Waals surface area contributed by atoms with E-state index in [1.807, 2.05) is 19.9 Å². The summed E-state index contributed by atoms with van der Waals surface area (Å²) in [5, 5.41) is 0. The van der Waals surface area contributed by atoms with Gasteiger partial charge in [0.15, 0.2) is 0 Å². The Hall–Kier alpha value is -1.09. The van der Waals surface area contributed by atoms with E-state index in [0.29, 0.717) is 12.5 Å². The minimum Gasteiger partial charge on any atom is -0.463 e. The molecule has 1 unspecified atom stereocenters. The molecule has 134 valence electrons. The number of hydrogen-bond acceptors (Lipinski definition) is 3. The van der Waals surface area contributed by atoms with Gasteiger partial charge < -0.3 is 9.47 Å². The highest BCUT2D eigenvalue weighted by atomic mass is 16.5. The lowest BCUT2D eigenvalue weighted by Crippen LogP contribution is -2.24. The maximum absolute atomic E-state index is 11.3. The Kier molecular flexibility index (Phi) is 11.8. The molecule has 0 spiro atoms. The first-order valence-corrected chi connectivity index (χ1v) is 8.96. The van der Waals surface area contributed by atoms with Crippen LogP contribution in [0.15, 0.2) is 23.8 Å². The number of rotatable bonds is 12. The van der Waals surface area contributed by atoms with E-state index in [4.69, 9.17) is 9.47 Å². The fourth-order valence-corrected chi connectivity index (χ4v) is 2.55. The Balaban J connectivity index is 3.91. The van der Waals surface area contributed by atoms with Crippen LogP contribution in [0.5, 0.6) is 0 Å². The van der Waals surface area contributed by atoms with Crippen LogP contribution < -0.4 is 0 Å². The zero-order chi connectivity index (χ0) is 17.7. The van der Waals surface area contributed by atoms with Crippen molar-refractivity contribution in [3.05, 3.63) is 23.8 Å². The minimum atomic E-state index is -0.264. The summed E-state index contributed by atoms with van der Waals surface area (Å²) < 4.78 is 10.6. The highest BCUT2D eigenvalue weighted by Gasteiger charge is 2.17. The van der Waals surface area contributed by atoms with Gasteiger partial charge in [0.2, 0.25) is 0 Å². The van der Waals surface area contributed by atoms with Crippen LogP contribution in [-0.4, -0.2) is 24.8 Å². The molecule has 0 aliphatic rings. The third-order valence-corrected chi connectivity index (χ3v) is 3.85. The van der Waals surface area contributed by atoms with Crippen LogP contribution in [0.4, 0.5) is 0 Å². The normalized spacial score (nSPS) is 14.3. The van der Waals surface area contributed by atoms with Gasteiger partial charge in [0.25, 0.3) is 0 Å². The molecule has 0 heterocycles. The first-order chi connectivity index (χ1) is 10.8. The smallest absolute Gasteiger partial charge is 0.330 e. The Bertz CT molecular complexity index is 380. The third-order valence-electron chi connectivity index (χ3n) is 3.85. The predicted octanol–water partition coefficient (Wildman–Crippen LogP) is 5.45. The molecule has 0 aliphatic heterocycles. The molecule has 3 heteroatoms. The van der Waals surface area contributed by atoms with Crippen LogP contribution >= 0.6 is 0 Å². The van der Waals surface area contributed by atoms with Crippen LogP contribution in [0.2, 0.25) is 0 Å². The van der Waals surface area contributed by atoms with Crippen LogP contribution in [0.1, 0.15) is 73.6 Å². The molecule has 0 aromatic heterocycles. The fourth-order valence-electron chi connectivity index (χ4n) is 2.55. The van der Waals surface area contributed by atoms with Crippen molar-refractivity contribution < 1.29 is 14.3 Å². The molecule has 23 heavy (non-hydrogen) atoms. The number of ether oxygens (including phenoxy) is 2. The van der Waals surface area contributed by atoms with Gasteiger partial charge in [0.05, 0.1) is 12.2 Å². The predicted molar refractivity (Wildman–Crippen MR) is 97.5 cm³/mol. The molecule has 0 rings (SSSR count). The molecule has 0 N–H and O–H groups in total. The first kappa shape index (κ1) is 21.9. The summed E-state index contributed by atoms with van der Waals surface area (Å²) in [5.74, 6) is 0.450. The zero-order valence-corrected chi connectivity index (χ0v) is 16.0. The van der Waals surface area contributed by atoms with E-state index in [0.717, 1.165) is 25.0 Å². The summed E-state index contributed by atoms with van der Waals surface area (Å²) in [4.78, 5) is 11.3. The second-order valence-corrected chi connectivity index (χ2v) is 6.81. The summed E-state index contributed by atoms with van der Waals surface area (Å²) >= 11 is 0. The lowest BCUT2D eigenvalue weighted by molar-refractivity contribution is -0.137. The standard InChI is InChI=1S/C20H36O3/c1-7-22-19(21)16-18(4)13-10-9-12-17(3)14-11-15-20(5,6)23-8-2/h10,13,16-17H,7-9,11-12,14-15H2,1-6H3/b13-10+,18-16+. The summed E-state index contributed by atoms with van der Waals surface area (Å²) in [5.41, 5.74) is 0.943. The van der Waals surface area contributed by atoms with Crippen molar-refractivity contribution in [2.45, 2.75) is 79.2 Å². The van der Waals surface area contributed by atoms with Gasteiger partial charge in [-0.25, -0.2) is 4.79 Å². The maximum Gasteiger partial charge on any atom is 0.330 e. The molecule has 0 saturated carbocycles. The molecule has 0 aromatic carbocycles. The summed E-state index contributed by atoms with van der Waals surface area (Å²) in [6.45, 7) is 13.6. The molecule has 1 atom stereocenters. The summed E-state index contributed by atoms with van der Waals surface area (Å²) in [6.07, 6.45) is 11.5. The van der Waals surface area contributed by atoms with Crippen molar-refractivity contribution in [1.29, 1.82) is 0 Å². The average molecular weight is 325 g/mol. The van der Waals surface area contributed by atoms with Gasteiger partial charge in [-0.2, -0.15) is 0 Å². The van der Waals surface area contributed by atoms with Crippen LogP contribution in [0, 0.1) is 5.92 Å². The SMILES string of the molecule is CCOC(=O)/C=C(C)/C=C/CCC(C)CCCC(C)(C)OCC. The van der Waals surface area contributed by atoms with Gasteiger partial charge in [-0.05, 0) is 65.4 Å². The quantitative estimate of drug-likeness (QED) is 0.272. The maximum atomic E-state index is 11.3. The molecule has 0 amide bonds. The average Bonchev–Trinajstić information content (AvgIpc) is 2.43. The lowest BCUT2D eigenvalue weighted by Gasteiger charge is -2.25. The molecule has 3 nitrogen and oxygen atoms in total. The lowest BCUT2D eigenvalue weighted by atomic mass is 9.94. The van der Waals surface area contributed by atoms with Crippen molar-refractivity contribution >= 4 is 5.97 Å². The van der Waals surface area contributed by atoms with E-state index in [1.54, 1.807) is 6.08 Å². The topological polar surface area (TPSA) is 35.5 Å². The number of carbonyl (C=O) groups excluding carboxylic acids is 1. The third kappa shape index (κ3) is 13.1. The molecule has 0 fully saturated rings. The molecule has 0 radical (unpaired) electrons. The van der Waals surface area contributed by atoms with E-state index in [2.05, 4.69) is 33.8 Å². The fraction of sp³-hybridized carbons (Fsp3) is 0.750. The van der Waals surface area contributed by atoms with Crippen LogP contribution in [0.25, 0.3) is 0 Å². The van der Waals surface area contributed by atoms with Gasteiger partial charge in [0, 0.05) is 12.7 Å². The Labute approximate surface area is 143 Å². The molecule has 0 aliphatic carbocycles. The number of hydrogen-bond donors (Lipinski definition) is 0. The summed E-state index contributed by atoms with van der Waals surface area (Å²) in [7, 11) is 0. The molecular formula is C20H36O3. The Morgan fingerprint density at radius 3 is 2.48 bits per heavy atom. The van der Waals surface area contributed by atoms with Gasteiger partial charge >= 0.3 is 5.97 Å². The number of carbonyl (C=O) groups is 1. The van der Waals surface area contributed by atoms with Gasteiger partial charge in [-0.1, -0.05) is 31.9 Å². The van der Waals surface area contributed by atoms with Crippen LogP contribution in [0.3, 0.4) is 0 Å². The van der Waals surface area contributed by atoms with Gasteiger partial charge in [-0.3, -0.25) is 0 Å². The van der Waals surface area contributed by atoms with Crippen molar-refractivity contribution in [2.75, 3.05) is 13.2 Å². The number of allylic oxidation sites excluding steroid dienone is 3. The monoisotopic (exact) mass is 324 g/mol.